The molecule has 0 aliphatic rings. The standard InChI is InChI=1S/C17H20N2O/c1-13-7-6-10-16(11-13)19-17(20)12-18-14(2)15-8-4-3-5-9-15/h3-11,14,18H,12H2,1-2H3,(H,19,20)/t14-/m0/s1. The Morgan fingerprint density at radius 3 is 2.55 bits per heavy atom. The van der Waals surface area contributed by atoms with Crippen molar-refractivity contribution in [1.29, 1.82) is 0 Å². The zero-order chi connectivity index (χ0) is 14.4. The predicted molar refractivity (Wildman–Crippen MR) is 82.7 cm³/mol. The normalized spacial score (nSPS) is 11.9. The Labute approximate surface area is 120 Å². The number of anilines is 1. The molecule has 0 aliphatic carbocycles. The number of rotatable bonds is 5. The monoisotopic (exact) mass is 268 g/mol. The van der Waals surface area contributed by atoms with Crippen LogP contribution in [-0.4, -0.2) is 12.5 Å². The fraction of sp³-hybridized carbons (Fsp3) is 0.235. The van der Waals surface area contributed by atoms with Gasteiger partial charge in [0.05, 0.1) is 6.54 Å². The fourth-order valence-corrected chi connectivity index (χ4v) is 2.03. The summed E-state index contributed by atoms with van der Waals surface area (Å²) in [5, 5.41) is 6.11. The van der Waals surface area contributed by atoms with E-state index in [9.17, 15) is 4.79 Å². The largest absolute Gasteiger partial charge is 0.325 e. The molecule has 0 saturated heterocycles. The smallest absolute Gasteiger partial charge is 0.238 e. The highest BCUT2D eigenvalue weighted by molar-refractivity contribution is 5.92. The van der Waals surface area contributed by atoms with E-state index in [1.807, 2.05) is 49.4 Å². The van der Waals surface area contributed by atoms with Gasteiger partial charge in [0, 0.05) is 11.7 Å². The topological polar surface area (TPSA) is 41.1 Å². The van der Waals surface area contributed by atoms with Gasteiger partial charge >= 0.3 is 0 Å². The Kier molecular flexibility index (Phi) is 4.91. The van der Waals surface area contributed by atoms with Gasteiger partial charge in [-0.25, -0.2) is 0 Å². The molecule has 0 unspecified atom stereocenters. The van der Waals surface area contributed by atoms with Gasteiger partial charge in [0.25, 0.3) is 0 Å². The number of nitrogens with one attached hydrogen (secondary N) is 2. The molecule has 0 heterocycles. The summed E-state index contributed by atoms with van der Waals surface area (Å²) in [4.78, 5) is 11.9. The molecular formula is C17H20N2O. The van der Waals surface area contributed by atoms with E-state index in [-0.39, 0.29) is 11.9 Å². The summed E-state index contributed by atoms with van der Waals surface area (Å²) in [5.74, 6) is -0.0293. The molecule has 3 nitrogen and oxygen atoms in total. The number of aryl methyl sites for hydroxylation is 1. The van der Waals surface area contributed by atoms with Gasteiger partial charge in [-0.15, -0.1) is 0 Å². The van der Waals surface area contributed by atoms with Gasteiger partial charge < -0.3 is 10.6 Å². The van der Waals surface area contributed by atoms with Crippen LogP contribution in [-0.2, 0) is 4.79 Å². The van der Waals surface area contributed by atoms with Gasteiger partial charge in [-0.3, -0.25) is 4.79 Å². The van der Waals surface area contributed by atoms with Crippen LogP contribution in [0.3, 0.4) is 0 Å². The van der Waals surface area contributed by atoms with E-state index in [1.54, 1.807) is 0 Å². The summed E-state index contributed by atoms with van der Waals surface area (Å²) in [6.07, 6.45) is 0. The van der Waals surface area contributed by atoms with E-state index < -0.39 is 0 Å². The van der Waals surface area contributed by atoms with Gasteiger partial charge in [0.2, 0.25) is 5.91 Å². The first-order valence-electron chi connectivity index (χ1n) is 6.80. The van der Waals surface area contributed by atoms with Gasteiger partial charge in [-0.05, 0) is 37.1 Å². The second-order valence-electron chi connectivity index (χ2n) is 4.93. The highest BCUT2D eigenvalue weighted by Crippen LogP contribution is 2.11. The van der Waals surface area contributed by atoms with Crippen LogP contribution in [0.5, 0.6) is 0 Å². The Balaban J connectivity index is 1.83. The second kappa shape index (κ2) is 6.87. The minimum atomic E-state index is -0.0293. The van der Waals surface area contributed by atoms with Crippen molar-refractivity contribution in [2.24, 2.45) is 0 Å². The van der Waals surface area contributed by atoms with E-state index in [0.29, 0.717) is 6.54 Å². The summed E-state index contributed by atoms with van der Waals surface area (Å²) < 4.78 is 0. The quantitative estimate of drug-likeness (QED) is 0.873. The van der Waals surface area contributed by atoms with Crippen LogP contribution in [0.1, 0.15) is 24.1 Å². The SMILES string of the molecule is Cc1cccc(NC(=O)CN[C@@H](C)c2ccccc2)c1. The van der Waals surface area contributed by atoms with E-state index >= 15 is 0 Å². The molecule has 0 saturated carbocycles. The van der Waals surface area contributed by atoms with Gasteiger partial charge in [-0.2, -0.15) is 0 Å². The van der Waals surface area contributed by atoms with Crippen LogP contribution in [0.2, 0.25) is 0 Å². The molecule has 2 N–H and O–H groups in total. The summed E-state index contributed by atoms with van der Waals surface area (Å²) in [6.45, 7) is 4.35. The van der Waals surface area contributed by atoms with Crippen LogP contribution >= 0.6 is 0 Å². The van der Waals surface area contributed by atoms with Crippen molar-refractivity contribution in [3.05, 3.63) is 65.7 Å². The number of carbonyl (C=O) groups excluding carboxylic acids is 1. The molecule has 0 radical (unpaired) electrons. The maximum atomic E-state index is 11.9. The zero-order valence-electron chi connectivity index (χ0n) is 11.9. The third-order valence-electron chi connectivity index (χ3n) is 3.17. The summed E-state index contributed by atoms with van der Waals surface area (Å²) in [6, 6.07) is 18.0. The summed E-state index contributed by atoms with van der Waals surface area (Å²) in [5.41, 5.74) is 3.15. The minimum absolute atomic E-state index is 0.0293. The van der Waals surface area contributed by atoms with Crippen molar-refractivity contribution in [3.63, 3.8) is 0 Å². The van der Waals surface area contributed by atoms with E-state index in [2.05, 4.69) is 29.7 Å². The zero-order valence-corrected chi connectivity index (χ0v) is 11.9. The van der Waals surface area contributed by atoms with Gasteiger partial charge in [-0.1, -0.05) is 42.5 Å². The summed E-state index contributed by atoms with van der Waals surface area (Å²) in [7, 11) is 0. The number of hydrogen-bond acceptors (Lipinski definition) is 2. The number of carbonyl (C=O) groups is 1. The molecule has 20 heavy (non-hydrogen) atoms. The van der Waals surface area contributed by atoms with Crippen LogP contribution < -0.4 is 10.6 Å². The molecule has 104 valence electrons. The van der Waals surface area contributed by atoms with Crippen LogP contribution in [0.4, 0.5) is 5.69 Å². The van der Waals surface area contributed by atoms with E-state index in [4.69, 9.17) is 0 Å². The number of hydrogen-bond donors (Lipinski definition) is 2. The molecule has 3 heteroatoms. The first-order chi connectivity index (χ1) is 9.65. The van der Waals surface area contributed by atoms with Crippen molar-refractivity contribution >= 4 is 11.6 Å². The third-order valence-corrected chi connectivity index (χ3v) is 3.17. The first-order valence-corrected chi connectivity index (χ1v) is 6.80. The van der Waals surface area contributed by atoms with Crippen molar-refractivity contribution in [3.8, 4) is 0 Å². The highest BCUT2D eigenvalue weighted by Gasteiger charge is 2.07. The van der Waals surface area contributed by atoms with Crippen LogP contribution in [0.15, 0.2) is 54.6 Å². The molecule has 0 spiro atoms. The average molecular weight is 268 g/mol. The van der Waals surface area contributed by atoms with Crippen LogP contribution in [0.25, 0.3) is 0 Å². The van der Waals surface area contributed by atoms with Crippen molar-refractivity contribution in [2.45, 2.75) is 19.9 Å². The Morgan fingerprint density at radius 1 is 1.10 bits per heavy atom. The lowest BCUT2D eigenvalue weighted by Crippen LogP contribution is -2.30. The molecule has 2 rings (SSSR count). The van der Waals surface area contributed by atoms with Gasteiger partial charge in [0.1, 0.15) is 0 Å². The molecule has 1 atom stereocenters. The molecular weight excluding hydrogens is 248 g/mol. The van der Waals surface area contributed by atoms with Gasteiger partial charge in [0.15, 0.2) is 0 Å². The highest BCUT2D eigenvalue weighted by atomic mass is 16.1. The number of amides is 1. The molecule has 0 aliphatic heterocycles. The lowest BCUT2D eigenvalue weighted by molar-refractivity contribution is -0.115. The Hall–Kier alpha value is -2.13. The van der Waals surface area contributed by atoms with E-state index in [0.717, 1.165) is 11.3 Å². The molecule has 1 amide bonds. The Bertz CT molecular complexity index is 566. The lowest BCUT2D eigenvalue weighted by Gasteiger charge is -2.14. The Morgan fingerprint density at radius 2 is 1.85 bits per heavy atom. The average Bonchev–Trinajstić information content (AvgIpc) is 2.46. The minimum Gasteiger partial charge on any atom is -0.325 e. The molecule has 0 aromatic heterocycles. The maximum absolute atomic E-state index is 11.9. The molecule has 2 aromatic rings. The molecule has 0 fully saturated rings. The second-order valence-corrected chi connectivity index (χ2v) is 4.93. The van der Waals surface area contributed by atoms with E-state index in [1.165, 1.54) is 5.56 Å². The van der Waals surface area contributed by atoms with Crippen molar-refractivity contribution in [2.75, 3.05) is 11.9 Å². The maximum Gasteiger partial charge on any atom is 0.238 e. The molecule has 0 bridgehead atoms. The summed E-state index contributed by atoms with van der Waals surface area (Å²) >= 11 is 0. The molecule has 2 aromatic carbocycles. The lowest BCUT2D eigenvalue weighted by atomic mass is 10.1. The first kappa shape index (κ1) is 14.3. The van der Waals surface area contributed by atoms with Crippen molar-refractivity contribution in [1.82, 2.24) is 5.32 Å². The third kappa shape index (κ3) is 4.21. The van der Waals surface area contributed by atoms with Crippen molar-refractivity contribution < 1.29 is 4.79 Å². The fourth-order valence-electron chi connectivity index (χ4n) is 2.03. The number of benzene rings is 2. The van der Waals surface area contributed by atoms with Crippen LogP contribution in [0, 0.1) is 6.92 Å². The predicted octanol–water partition coefficient (Wildman–Crippen LogP) is 3.28.